The second kappa shape index (κ2) is 20.1. The lowest BCUT2D eigenvalue weighted by Gasteiger charge is -2.06. The summed E-state index contributed by atoms with van der Waals surface area (Å²) in [6.07, 6.45) is 4.72. The van der Waals surface area contributed by atoms with Gasteiger partial charge in [-0.05, 0) is 47.1 Å². The van der Waals surface area contributed by atoms with Crippen molar-refractivity contribution in [3.05, 3.63) is 51.3 Å². The fourth-order valence-corrected chi connectivity index (χ4v) is 2.93. The number of hydrogen-bond donors (Lipinski definition) is 5. The predicted octanol–water partition coefficient (Wildman–Crippen LogP) is 3.89. The second-order valence-corrected chi connectivity index (χ2v) is 7.44. The molecule has 0 aliphatic carbocycles. The van der Waals surface area contributed by atoms with Gasteiger partial charge in [-0.2, -0.15) is 0 Å². The minimum absolute atomic E-state index is 0.250. The first-order valence-corrected chi connectivity index (χ1v) is 11.2. The normalized spacial score (nSPS) is 8.66. The molecule has 0 bridgehead atoms. The molecular weight excluding hydrogens is 590 g/mol. The average Bonchev–Trinajstić information content (AvgIpc) is 2.81. The van der Waals surface area contributed by atoms with Crippen LogP contribution in [-0.4, -0.2) is 59.6 Å². The van der Waals surface area contributed by atoms with E-state index in [1.165, 1.54) is 13.4 Å². The molecule has 0 aliphatic rings. The van der Waals surface area contributed by atoms with Crippen LogP contribution in [0.5, 0.6) is 11.5 Å². The van der Waals surface area contributed by atoms with Gasteiger partial charge in [0.2, 0.25) is 0 Å². The highest BCUT2D eigenvalue weighted by molar-refractivity contribution is 9.11. The molecule has 1 heterocycles. The van der Waals surface area contributed by atoms with Gasteiger partial charge in [-0.15, -0.1) is 0 Å². The Morgan fingerprint density at radius 2 is 1.60 bits per heavy atom. The van der Waals surface area contributed by atoms with E-state index in [0.29, 0.717) is 27.8 Å². The standard InChI is InChI=1S/C9H7BrN2O.C8H8BrNO2.C2H4O2.C2H6O.CH4N2/c1-13-8-3-2-7(10)6-4-11-5-12-9(6)8;1-12-7-3-2-6(9)5(4-11)8(7)10;1-2(3)4;1-2-3;2-1-3/h2-5H,1H3;2-4H,10H2,1H3;1H3,(H,3,4);3H,2H2,1H3;1H,(H3,2,3). The molecule has 7 N–H and O–H groups in total. The van der Waals surface area contributed by atoms with Crippen LogP contribution in [0.25, 0.3) is 10.9 Å². The highest BCUT2D eigenvalue weighted by Crippen LogP contribution is 2.30. The minimum Gasteiger partial charge on any atom is -0.495 e. The van der Waals surface area contributed by atoms with Crippen molar-refractivity contribution in [2.24, 2.45) is 5.73 Å². The molecule has 0 atom stereocenters. The number of anilines is 1. The van der Waals surface area contributed by atoms with E-state index in [0.717, 1.165) is 34.4 Å². The summed E-state index contributed by atoms with van der Waals surface area (Å²) in [5.41, 5.74) is 11.6. The zero-order valence-corrected chi connectivity index (χ0v) is 22.8. The Balaban J connectivity index is 0. The number of nitrogens with zero attached hydrogens (tertiary/aromatic N) is 2. The number of aldehydes is 1. The molecule has 0 saturated heterocycles. The third-order valence-electron chi connectivity index (χ3n) is 3.34. The fourth-order valence-electron chi connectivity index (χ4n) is 2.07. The zero-order valence-electron chi connectivity index (χ0n) is 19.7. The van der Waals surface area contributed by atoms with Gasteiger partial charge in [0.25, 0.3) is 5.97 Å². The van der Waals surface area contributed by atoms with Gasteiger partial charge in [0.05, 0.1) is 31.8 Å². The maximum Gasteiger partial charge on any atom is 0.300 e. The number of aromatic nitrogens is 2. The molecule has 11 nitrogen and oxygen atoms in total. The maximum absolute atomic E-state index is 10.6. The molecule has 0 amide bonds. The molecule has 13 heteroatoms. The Labute approximate surface area is 220 Å². The van der Waals surface area contributed by atoms with Crippen molar-refractivity contribution in [3.63, 3.8) is 0 Å². The highest BCUT2D eigenvalue weighted by atomic mass is 79.9. The highest BCUT2D eigenvalue weighted by Gasteiger charge is 2.08. The number of nitrogens with one attached hydrogen (secondary N) is 1. The van der Waals surface area contributed by atoms with E-state index < -0.39 is 5.97 Å². The number of carbonyl (C=O) groups excluding carboxylic acids is 1. The van der Waals surface area contributed by atoms with E-state index in [9.17, 15) is 4.79 Å². The van der Waals surface area contributed by atoms with Gasteiger partial charge in [-0.25, -0.2) is 9.97 Å². The topological polar surface area (TPSA) is 195 Å². The van der Waals surface area contributed by atoms with Crippen LogP contribution in [0.2, 0.25) is 0 Å². The zero-order chi connectivity index (χ0) is 27.4. The van der Waals surface area contributed by atoms with E-state index in [2.05, 4.69) is 47.6 Å². The van der Waals surface area contributed by atoms with Gasteiger partial charge in [0.1, 0.15) is 23.3 Å². The number of hydrogen-bond acceptors (Lipinski definition) is 9. The molecular formula is C22H29Br2N5O6. The summed E-state index contributed by atoms with van der Waals surface area (Å²) in [7, 11) is 3.14. The van der Waals surface area contributed by atoms with Crippen LogP contribution in [-0.2, 0) is 4.79 Å². The minimum atomic E-state index is -0.833. The van der Waals surface area contributed by atoms with Gasteiger partial charge in [0, 0.05) is 34.1 Å². The average molecular weight is 619 g/mol. The van der Waals surface area contributed by atoms with Crippen molar-refractivity contribution >= 4 is 67.0 Å². The second-order valence-electron chi connectivity index (χ2n) is 5.73. The number of benzene rings is 2. The van der Waals surface area contributed by atoms with E-state index in [-0.39, 0.29) is 6.61 Å². The van der Waals surface area contributed by atoms with Crippen LogP contribution in [0.15, 0.2) is 45.7 Å². The predicted molar refractivity (Wildman–Crippen MR) is 143 cm³/mol. The number of carboxylic acid groups (broad SMARTS) is 1. The number of methoxy groups -OCH3 is 2. The monoisotopic (exact) mass is 617 g/mol. The largest absolute Gasteiger partial charge is 0.495 e. The molecule has 0 saturated carbocycles. The maximum atomic E-state index is 10.6. The third kappa shape index (κ3) is 13.2. The number of aliphatic hydroxyl groups is 1. The molecule has 1 aromatic heterocycles. The Kier molecular flexibility index (Phi) is 19.5. The first-order chi connectivity index (χ1) is 16.6. The van der Waals surface area contributed by atoms with Crippen molar-refractivity contribution in [2.75, 3.05) is 26.6 Å². The smallest absolute Gasteiger partial charge is 0.300 e. The number of halogens is 2. The van der Waals surface area contributed by atoms with Crippen LogP contribution in [0, 0.1) is 5.41 Å². The Morgan fingerprint density at radius 3 is 2.06 bits per heavy atom. The summed E-state index contributed by atoms with van der Waals surface area (Å²) in [5, 5.41) is 21.8. The van der Waals surface area contributed by atoms with Crippen molar-refractivity contribution < 1.29 is 29.3 Å². The number of rotatable bonds is 3. The van der Waals surface area contributed by atoms with E-state index >= 15 is 0 Å². The van der Waals surface area contributed by atoms with Crippen LogP contribution in [0.4, 0.5) is 5.69 Å². The molecule has 192 valence electrons. The van der Waals surface area contributed by atoms with Crippen LogP contribution < -0.4 is 20.9 Å². The summed E-state index contributed by atoms with van der Waals surface area (Å²) >= 11 is 6.63. The summed E-state index contributed by atoms with van der Waals surface area (Å²) < 4.78 is 11.8. The molecule has 0 aliphatic heterocycles. The SMILES string of the molecule is CC(=O)O.CCO.COc1ccc(Br)c(C=O)c1N.COc1ccc(Br)c2cncnc12.N=CN. The van der Waals surface area contributed by atoms with Crippen molar-refractivity contribution in [1.82, 2.24) is 9.97 Å². The Bertz CT molecular complexity index is 1070. The Morgan fingerprint density at radius 1 is 1.14 bits per heavy atom. The Hall–Kier alpha value is -3.29. The molecule has 0 fully saturated rings. The van der Waals surface area contributed by atoms with Crippen molar-refractivity contribution in [1.29, 1.82) is 5.41 Å². The number of nitrogen functional groups attached to an aromatic ring is 1. The number of carboxylic acids is 1. The molecule has 0 spiro atoms. The van der Waals surface area contributed by atoms with Gasteiger partial charge in [-0.3, -0.25) is 15.0 Å². The van der Waals surface area contributed by atoms with E-state index in [1.807, 2.05) is 12.1 Å². The van der Waals surface area contributed by atoms with Crippen LogP contribution in [0.3, 0.4) is 0 Å². The lowest BCUT2D eigenvalue weighted by molar-refractivity contribution is -0.134. The molecule has 0 radical (unpaired) electrons. The fraction of sp³-hybridized carbons (Fsp3) is 0.227. The van der Waals surface area contributed by atoms with Gasteiger partial charge < -0.3 is 31.2 Å². The van der Waals surface area contributed by atoms with Gasteiger partial charge >= 0.3 is 0 Å². The molecule has 3 aromatic rings. The number of nitrogens with two attached hydrogens (primary N) is 2. The van der Waals surface area contributed by atoms with E-state index in [4.69, 9.17) is 35.6 Å². The quantitative estimate of drug-likeness (QED) is 0.124. The van der Waals surface area contributed by atoms with Crippen LogP contribution >= 0.6 is 31.9 Å². The van der Waals surface area contributed by atoms with Crippen molar-refractivity contribution in [2.45, 2.75) is 13.8 Å². The molecule has 3 rings (SSSR count). The third-order valence-corrected chi connectivity index (χ3v) is 4.72. The number of aliphatic carboxylic acids is 1. The molecule has 35 heavy (non-hydrogen) atoms. The summed E-state index contributed by atoms with van der Waals surface area (Å²) in [4.78, 5) is 27.6. The van der Waals surface area contributed by atoms with Gasteiger partial charge in [-0.1, -0.05) is 15.9 Å². The first-order valence-electron chi connectivity index (χ1n) is 9.60. The van der Waals surface area contributed by atoms with Gasteiger partial charge in [0.15, 0.2) is 6.29 Å². The van der Waals surface area contributed by atoms with Crippen molar-refractivity contribution in [3.8, 4) is 11.5 Å². The van der Waals surface area contributed by atoms with E-state index in [1.54, 1.807) is 32.4 Å². The van der Waals surface area contributed by atoms with Crippen LogP contribution in [0.1, 0.15) is 24.2 Å². The summed E-state index contributed by atoms with van der Waals surface area (Å²) in [6, 6.07) is 7.22. The summed E-state index contributed by atoms with van der Waals surface area (Å²) in [5.74, 6) is 0.445. The summed E-state index contributed by atoms with van der Waals surface area (Å²) in [6.45, 7) is 3.01. The number of carbonyl (C=O) groups is 2. The lowest BCUT2D eigenvalue weighted by atomic mass is 10.2. The molecule has 2 aromatic carbocycles. The number of aliphatic hydroxyl groups excluding tert-OH is 1. The first kappa shape index (κ1) is 33.9. The lowest BCUT2D eigenvalue weighted by Crippen LogP contribution is -1.97. The number of fused-ring (bicyclic) bond motifs is 1. The number of ether oxygens (including phenoxy) is 2. The molecule has 0 unspecified atom stereocenters.